The third-order valence-corrected chi connectivity index (χ3v) is 10.5. The second-order valence-electron chi connectivity index (χ2n) is 12.8. The highest BCUT2D eigenvalue weighted by molar-refractivity contribution is 8.00. The Labute approximate surface area is 323 Å². The van der Waals surface area contributed by atoms with Crippen LogP contribution >= 0.6 is 11.8 Å². The summed E-state index contributed by atoms with van der Waals surface area (Å²) >= 11 is 1.09. The van der Waals surface area contributed by atoms with E-state index in [4.69, 9.17) is 18.9 Å². The van der Waals surface area contributed by atoms with Crippen molar-refractivity contribution in [1.29, 1.82) is 0 Å². The average molecular weight is 749 g/mol. The van der Waals surface area contributed by atoms with E-state index in [2.05, 4.69) is 0 Å². The largest absolute Gasteiger partial charge is 0.461 e. The molecule has 6 aromatic carbocycles. The summed E-state index contributed by atoms with van der Waals surface area (Å²) in [5.41, 5.74) is 5.52. The van der Waals surface area contributed by atoms with Crippen molar-refractivity contribution in [2.45, 2.75) is 29.8 Å². The van der Waals surface area contributed by atoms with Crippen LogP contribution in [0, 0.1) is 0 Å². The number of ether oxygens (including phenoxy) is 4. The molecule has 1 fully saturated rings. The van der Waals surface area contributed by atoms with Gasteiger partial charge in [0.2, 0.25) is 0 Å². The van der Waals surface area contributed by atoms with Gasteiger partial charge < -0.3 is 18.9 Å². The molecule has 0 radical (unpaired) electrons. The summed E-state index contributed by atoms with van der Waals surface area (Å²) in [6.45, 7) is 1.01. The number of carbonyl (C=O) groups excluding carboxylic acids is 4. The summed E-state index contributed by atoms with van der Waals surface area (Å²) in [4.78, 5) is 52.9. The fraction of sp³-hybridized carbons (Fsp3) is 0.130. The van der Waals surface area contributed by atoms with E-state index in [1.54, 1.807) is 36.4 Å². The van der Waals surface area contributed by atoms with Crippen LogP contribution in [0.15, 0.2) is 164 Å². The van der Waals surface area contributed by atoms with Crippen molar-refractivity contribution < 1.29 is 38.1 Å². The Kier molecular flexibility index (Phi) is 11.5. The maximum Gasteiger partial charge on any atom is 0.338 e. The Balaban J connectivity index is 1.12. The van der Waals surface area contributed by atoms with Gasteiger partial charge in [0, 0.05) is 6.92 Å². The van der Waals surface area contributed by atoms with E-state index < -0.39 is 46.8 Å². The van der Waals surface area contributed by atoms with Crippen LogP contribution in [0.4, 0.5) is 0 Å². The van der Waals surface area contributed by atoms with Crippen molar-refractivity contribution in [2.24, 2.45) is 0 Å². The van der Waals surface area contributed by atoms with Crippen molar-refractivity contribution in [3.05, 3.63) is 180 Å². The quantitative estimate of drug-likeness (QED) is 0.0947. The fourth-order valence-electron chi connectivity index (χ4n) is 6.26. The molecule has 274 valence electrons. The zero-order valence-electron chi connectivity index (χ0n) is 29.8. The number of carbonyl (C=O) groups is 4. The molecule has 0 bridgehead atoms. The van der Waals surface area contributed by atoms with Crippen LogP contribution in [-0.2, 0) is 23.7 Å². The van der Waals surface area contributed by atoms with Gasteiger partial charge in [-0.2, -0.15) is 0 Å². The molecule has 8 nitrogen and oxygen atoms in total. The molecule has 0 aromatic heterocycles. The third kappa shape index (κ3) is 9.03. The van der Waals surface area contributed by atoms with Gasteiger partial charge in [-0.05, 0) is 69.8 Å². The minimum atomic E-state index is -1.23. The molecule has 1 aliphatic rings. The average Bonchev–Trinajstić information content (AvgIpc) is 3.54. The van der Waals surface area contributed by atoms with Crippen LogP contribution in [0.25, 0.3) is 33.4 Å². The zero-order chi connectivity index (χ0) is 38.1. The molecule has 7 rings (SSSR count). The molecule has 6 aromatic rings. The van der Waals surface area contributed by atoms with Gasteiger partial charge in [0.1, 0.15) is 6.61 Å². The highest BCUT2D eigenvalue weighted by Gasteiger charge is 2.51. The van der Waals surface area contributed by atoms with Gasteiger partial charge in [-0.1, -0.05) is 127 Å². The first-order valence-electron chi connectivity index (χ1n) is 17.7. The summed E-state index contributed by atoms with van der Waals surface area (Å²) < 4.78 is 23.4. The lowest BCUT2D eigenvalue weighted by Crippen LogP contribution is -2.42. The van der Waals surface area contributed by atoms with Crippen LogP contribution < -0.4 is 0 Å². The maximum atomic E-state index is 13.7. The molecular formula is C46H36O8S. The van der Waals surface area contributed by atoms with Gasteiger partial charge in [0.25, 0.3) is 0 Å². The molecular weight excluding hydrogens is 713 g/mol. The lowest BCUT2D eigenvalue weighted by atomic mass is 10.0. The molecule has 1 saturated heterocycles. The molecule has 0 aliphatic carbocycles. The summed E-state index contributed by atoms with van der Waals surface area (Å²) in [6.07, 6.45) is -2.38. The number of hydrogen-bond acceptors (Lipinski definition) is 9. The molecule has 9 heteroatoms. The van der Waals surface area contributed by atoms with E-state index in [1.165, 1.54) is 6.92 Å². The van der Waals surface area contributed by atoms with Crippen molar-refractivity contribution in [3.8, 4) is 33.4 Å². The highest BCUT2D eigenvalue weighted by Crippen LogP contribution is 2.40. The molecule has 0 amide bonds. The molecule has 0 saturated carbocycles. The van der Waals surface area contributed by atoms with E-state index >= 15 is 0 Å². The van der Waals surface area contributed by atoms with Gasteiger partial charge in [-0.15, -0.1) is 11.8 Å². The van der Waals surface area contributed by atoms with Crippen molar-refractivity contribution in [3.63, 3.8) is 0 Å². The van der Waals surface area contributed by atoms with Crippen molar-refractivity contribution in [1.82, 2.24) is 0 Å². The summed E-state index contributed by atoms with van der Waals surface area (Å²) in [5.74, 6) is -2.60. The van der Waals surface area contributed by atoms with E-state index in [0.29, 0.717) is 5.56 Å². The second kappa shape index (κ2) is 17.1. The Morgan fingerprint density at radius 2 is 0.782 bits per heavy atom. The number of benzene rings is 6. The van der Waals surface area contributed by atoms with E-state index in [9.17, 15) is 19.2 Å². The van der Waals surface area contributed by atoms with Crippen LogP contribution in [0.3, 0.4) is 0 Å². The molecule has 0 N–H and O–H groups in total. The normalized spacial score (nSPS) is 17.5. The van der Waals surface area contributed by atoms with Crippen molar-refractivity contribution in [2.75, 3.05) is 6.61 Å². The van der Waals surface area contributed by atoms with Gasteiger partial charge >= 0.3 is 23.9 Å². The fourth-order valence-corrected chi connectivity index (χ4v) is 7.68. The Bertz CT molecular complexity index is 2240. The van der Waals surface area contributed by atoms with E-state index in [0.717, 1.165) is 45.1 Å². The molecule has 4 unspecified atom stereocenters. The first-order valence-corrected chi connectivity index (χ1v) is 18.6. The lowest BCUT2D eigenvalue weighted by molar-refractivity contribution is -0.148. The Hall–Kier alpha value is -6.45. The molecule has 1 aliphatic heterocycles. The summed E-state index contributed by atoms with van der Waals surface area (Å²) in [6, 6.07) is 50.1. The Morgan fingerprint density at radius 3 is 1.16 bits per heavy atom. The number of hydrogen-bond donors (Lipinski definition) is 0. The standard InChI is InChI=1S/C46H36O8S/c1-30(47)52-46-42(54-45(50)39-27-21-36(22-28-39)33-15-9-4-10-16-33)41(53-44(49)38-25-19-35(20-26-38)32-13-7-3-8-14-32)40(55-46)29-51-43(48)37-23-17-34(18-24-37)31-11-5-2-6-12-31/h2-28,40-42,46H,29H2,1H3. The molecule has 0 spiro atoms. The maximum absolute atomic E-state index is 13.7. The first-order chi connectivity index (χ1) is 26.8. The van der Waals surface area contributed by atoms with E-state index in [1.807, 2.05) is 127 Å². The Morgan fingerprint density at radius 1 is 0.436 bits per heavy atom. The second-order valence-corrected chi connectivity index (χ2v) is 14.2. The molecule has 4 atom stereocenters. The predicted molar refractivity (Wildman–Crippen MR) is 211 cm³/mol. The monoisotopic (exact) mass is 748 g/mol. The first kappa shape index (κ1) is 36.9. The molecule has 1 heterocycles. The van der Waals surface area contributed by atoms with Crippen LogP contribution in [0.1, 0.15) is 38.0 Å². The number of esters is 4. The topological polar surface area (TPSA) is 105 Å². The highest BCUT2D eigenvalue weighted by atomic mass is 32.2. The van der Waals surface area contributed by atoms with Gasteiger partial charge in [-0.25, -0.2) is 14.4 Å². The lowest BCUT2D eigenvalue weighted by Gasteiger charge is -2.25. The minimum Gasteiger partial charge on any atom is -0.461 e. The van der Waals surface area contributed by atoms with Crippen LogP contribution in [0.5, 0.6) is 0 Å². The summed E-state index contributed by atoms with van der Waals surface area (Å²) in [7, 11) is 0. The third-order valence-electron chi connectivity index (χ3n) is 9.10. The van der Waals surface area contributed by atoms with E-state index in [-0.39, 0.29) is 17.7 Å². The van der Waals surface area contributed by atoms with Crippen LogP contribution in [0.2, 0.25) is 0 Å². The summed E-state index contributed by atoms with van der Waals surface area (Å²) in [5, 5.41) is -0.761. The predicted octanol–water partition coefficient (Wildman–Crippen LogP) is 9.30. The van der Waals surface area contributed by atoms with Gasteiger partial charge in [0.15, 0.2) is 17.6 Å². The minimum absolute atomic E-state index is 0.230. The van der Waals surface area contributed by atoms with Gasteiger partial charge in [-0.3, -0.25) is 4.79 Å². The number of rotatable bonds is 11. The molecule has 55 heavy (non-hydrogen) atoms. The SMILES string of the molecule is CC(=O)OC1SC(COC(=O)c2ccc(-c3ccccc3)cc2)C(OC(=O)c2ccc(-c3ccccc3)cc2)C1OC(=O)c1ccc(-c2ccccc2)cc1. The van der Waals surface area contributed by atoms with Crippen molar-refractivity contribution >= 4 is 35.6 Å². The van der Waals surface area contributed by atoms with Crippen LogP contribution in [-0.4, -0.2) is 53.4 Å². The number of thioether (sulfide) groups is 1. The van der Waals surface area contributed by atoms with Gasteiger partial charge in [0.05, 0.1) is 21.9 Å². The smallest absolute Gasteiger partial charge is 0.338 e. The zero-order valence-corrected chi connectivity index (χ0v) is 30.6.